The zero-order chi connectivity index (χ0) is 15.4. The molecule has 2 rings (SSSR count). The van der Waals surface area contributed by atoms with Crippen molar-refractivity contribution in [1.82, 2.24) is 4.90 Å². The zero-order valence-electron chi connectivity index (χ0n) is 11.1. The van der Waals surface area contributed by atoms with Gasteiger partial charge in [-0.3, -0.25) is 0 Å². The molecule has 21 heavy (non-hydrogen) atoms. The number of anilines is 1. The Bertz CT molecular complexity index is 525. The van der Waals surface area contributed by atoms with Gasteiger partial charge in [-0.15, -0.1) is 0 Å². The summed E-state index contributed by atoms with van der Waals surface area (Å²) < 4.78 is 5.00. The van der Waals surface area contributed by atoms with Crippen molar-refractivity contribution in [2.24, 2.45) is 0 Å². The molecule has 1 saturated heterocycles. The normalized spacial score (nSPS) is 21.1. The van der Waals surface area contributed by atoms with Crippen molar-refractivity contribution in [3.63, 3.8) is 0 Å². The van der Waals surface area contributed by atoms with Gasteiger partial charge in [0.2, 0.25) is 0 Å². The molecule has 1 heterocycles. The van der Waals surface area contributed by atoms with Crippen LogP contribution in [0.1, 0.15) is 0 Å². The Labute approximate surface area is 120 Å². The van der Waals surface area contributed by atoms with Gasteiger partial charge in [-0.05, 0) is 12.1 Å². The average Bonchev–Trinajstić information content (AvgIpc) is 2.77. The summed E-state index contributed by atoms with van der Waals surface area (Å²) in [5.74, 6) is -0.777. The maximum absolute atomic E-state index is 11.9. The number of nitrogens with zero attached hydrogens (tertiary/aromatic N) is 1. The molecule has 1 fully saturated rings. The number of β-amino-alcohol motifs (C(OH)–C–C–N with tert-alkyl or cyclic N) is 2. The number of aliphatic hydroxyl groups excluding tert-OH is 2. The van der Waals surface area contributed by atoms with Crippen LogP contribution in [0, 0.1) is 0 Å². The Kier molecular flexibility index (Phi) is 4.61. The number of aliphatic hydroxyl groups is 2. The van der Waals surface area contributed by atoms with Crippen molar-refractivity contribution in [1.29, 1.82) is 0 Å². The predicted octanol–water partition coefficient (Wildman–Crippen LogP) is -0.281. The van der Waals surface area contributed by atoms with Crippen molar-refractivity contribution in [3.05, 3.63) is 24.3 Å². The number of carboxylic acids is 1. The van der Waals surface area contributed by atoms with Gasteiger partial charge in [-0.1, -0.05) is 6.07 Å². The Morgan fingerprint density at radius 2 is 1.95 bits per heavy atom. The van der Waals surface area contributed by atoms with Crippen molar-refractivity contribution in [2.45, 2.75) is 12.2 Å². The van der Waals surface area contributed by atoms with E-state index in [1.54, 1.807) is 18.2 Å². The van der Waals surface area contributed by atoms with E-state index in [2.05, 4.69) is 5.32 Å². The molecule has 8 heteroatoms. The number of benzene rings is 1. The molecule has 0 bridgehead atoms. The largest absolute Gasteiger partial charge is 0.482 e. The molecule has 114 valence electrons. The number of carbonyl (C=O) groups excluding carboxylic acids is 1. The number of hydrogen-bond donors (Lipinski definition) is 4. The van der Waals surface area contributed by atoms with Crippen LogP contribution in [0.2, 0.25) is 0 Å². The second kappa shape index (κ2) is 6.42. The number of carboxylic acid groups (broad SMARTS) is 1. The third kappa shape index (κ3) is 4.07. The van der Waals surface area contributed by atoms with Crippen molar-refractivity contribution < 1.29 is 29.6 Å². The standard InChI is InChI=1S/C13H16N2O6/c16-10-5-15(6-11(10)17)13(20)14-8-2-1-3-9(4-8)21-7-12(18)19/h1-4,10-11,16-17H,5-7H2,(H,14,20)(H,18,19). The molecule has 1 aliphatic rings. The lowest BCUT2D eigenvalue weighted by Crippen LogP contribution is -2.33. The maximum atomic E-state index is 11.9. The lowest BCUT2D eigenvalue weighted by Gasteiger charge is -2.16. The molecule has 0 spiro atoms. The van der Waals surface area contributed by atoms with Crippen LogP contribution in [-0.4, -0.2) is 64.1 Å². The van der Waals surface area contributed by atoms with Gasteiger partial charge in [0.15, 0.2) is 6.61 Å². The lowest BCUT2D eigenvalue weighted by molar-refractivity contribution is -0.139. The molecule has 0 radical (unpaired) electrons. The number of rotatable bonds is 4. The highest BCUT2D eigenvalue weighted by molar-refractivity contribution is 5.89. The highest BCUT2D eigenvalue weighted by Gasteiger charge is 2.32. The third-order valence-corrected chi connectivity index (χ3v) is 2.99. The van der Waals surface area contributed by atoms with E-state index in [-0.39, 0.29) is 13.1 Å². The molecule has 0 aliphatic carbocycles. The second-order valence-electron chi connectivity index (χ2n) is 4.68. The first-order chi connectivity index (χ1) is 9.95. The number of nitrogens with one attached hydrogen (secondary N) is 1. The fourth-order valence-electron chi connectivity index (χ4n) is 1.95. The zero-order valence-corrected chi connectivity index (χ0v) is 11.1. The van der Waals surface area contributed by atoms with Gasteiger partial charge in [-0.2, -0.15) is 0 Å². The molecule has 2 atom stereocenters. The fourth-order valence-corrected chi connectivity index (χ4v) is 1.95. The summed E-state index contributed by atoms with van der Waals surface area (Å²) in [6.07, 6.45) is -1.89. The first-order valence-electron chi connectivity index (χ1n) is 6.32. The number of hydrogen-bond acceptors (Lipinski definition) is 5. The van der Waals surface area contributed by atoms with E-state index in [1.165, 1.54) is 11.0 Å². The van der Waals surface area contributed by atoms with Gasteiger partial charge < -0.3 is 30.3 Å². The van der Waals surface area contributed by atoms with E-state index >= 15 is 0 Å². The first-order valence-corrected chi connectivity index (χ1v) is 6.32. The van der Waals surface area contributed by atoms with E-state index in [0.29, 0.717) is 11.4 Å². The van der Waals surface area contributed by atoms with Gasteiger partial charge in [0.1, 0.15) is 5.75 Å². The van der Waals surface area contributed by atoms with Crippen LogP contribution >= 0.6 is 0 Å². The molecule has 0 aromatic heterocycles. The van der Waals surface area contributed by atoms with Crippen LogP contribution in [-0.2, 0) is 4.79 Å². The van der Waals surface area contributed by atoms with Gasteiger partial charge in [0.05, 0.1) is 25.3 Å². The summed E-state index contributed by atoms with van der Waals surface area (Å²) in [7, 11) is 0. The quantitative estimate of drug-likeness (QED) is 0.606. The number of urea groups is 1. The monoisotopic (exact) mass is 296 g/mol. The summed E-state index contributed by atoms with van der Waals surface area (Å²) in [5.41, 5.74) is 0.429. The van der Waals surface area contributed by atoms with Crippen LogP contribution in [0.15, 0.2) is 24.3 Å². The molecular weight excluding hydrogens is 280 g/mol. The van der Waals surface area contributed by atoms with E-state index in [1.807, 2.05) is 0 Å². The molecule has 1 aromatic rings. The summed E-state index contributed by atoms with van der Waals surface area (Å²) in [6, 6.07) is 5.83. The van der Waals surface area contributed by atoms with Crippen LogP contribution in [0.5, 0.6) is 5.75 Å². The van der Waals surface area contributed by atoms with E-state index in [0.717, 1.165) is 0 Å². The molecule has 0 saturated carbocycles. The molecule has 8 nitrogen and oxygen atoms in total. The van der Waals surface area contributed by atoms with Crippen LogP contribution < -0.4 is 10.1 Å². The Hall–Kier alpha value is -2.32. The highest BCUT2D eigenvalue weighted by Crippen LogP contribution is 2.19. The van der Waals surface area contributed by atoms with Crippen molar-refractivity contribution in [2.75, 3.05) is 25.0 Å². The SMILES string of the molecule is O=C(O)COc1cccc(NC(=O)N2CC(O)C(O)C2)c1. The molecule has 2 unspecified atom stereocenters. The van der Waals surface area contributed by atoms with Gasteiger partial charge >= 0.3 is 12.0 Å². The summed E-state index contributed by atoms with van der Waals surface area (Å²) >= 11 is 0. The van der Waals surface area contributed by atoms with Crippen LogP contribution in [0.25, 0.3) is 0 Å². The Morgan fingerprint density at radius 1 is 1.29 bits per heavy atom. The molecule has 1 aromatic carbocycles. The lowest BCUT2D eigenvalue weighted by atomic mass is 10.3. The number of likely N-dealkylation sites (tertiary alicyclic amines) is 1. The van der Waals surface area contributed by atoms with Gasteiger partial charge in [0, 0.05) is 11.8 Å². The molecule has 1 aliphatic heterocycles. The first kappa shape index (κ1) is 15.1. The summed E-state index contributed by atoms with van der Waals surface area (Å²) in [6.45, 7) is -0.355. The minimum atomic E-state index is -1.09. The fraction of sp³-hybridized carbons (Fsp3) is 0.385. The predicted molar refractivity (Wildman–Crippen MR) is 72.2 cm³/mol. The molecule has 2 amide bonds. The van der Waals surface area contributed by atoms with E-state index < -0.39 is 30.8 Å². The average molecular weight is 296 g/mol. The maximum Gasteiger partial charge on any atom is 0.341 e. The van der Waals surface area contributed by atoms with Crippen molar-refractivity contribution in [3.8, 4) is 5.75 Å². The minimum Gasteiger partial charge on any atom is -0.482 e. The molecule has 4 N–H and O–H groups in total. The third-order valence-electron chi connectivity index (χ3n) is 2.99. The van der Waals surface area contributed by atoms with Gasteiger partial charge in [0.25, 0.3) is 0 Å². The topological polar surface area (TPSA) is 119 Å². The number of ether oxygens (including phenoxy) is 1. The van der Waals surface area contributed by atoms with E-state index in [4.69, 9.17) is 9.84 Å². The van der Waals surface area contributed by atoms with Crippen LogP contribution in [0.3, 0.4) is 0 Å². The number of carbonyl (C=O) groups is 2. The second-order valence-corrected chi connectivity index (χ2v) is 4.68. The van der Waals surface area contributed by atoms with E-state index in [9.17, 15) is 19.8 Å². The smallest absolute Gasteiger partial charge is 0.341 e. The Morgan fingerprint density at radius 3 is 2.57 bits per heavy atom. The van der Waals surface area contributed by atoms with Gasteiger partial charge in [-0.25, -0.2) is 9.59 Å². The summed E-state index contributed by atoms with van der Waals surface area (Å²) in [5, 5.41) is 29.9. The minimum absolute atomic E-state index is 0.0577. The summed E-state index contributed by atoms with van der Waals surface area (Å²) in [4.78, 5) is 23.7. The van der Waals surface area contributed by atoms with Crippen LogP contribution in [0.4, 0.5) is 10.5 Å². The number of aliphatic carboxylic acids is 1. The Balaban J connectivity index is 1.95. The number of amides is 2. The van der Waals surface area contributed by atoms with Crippen molar-refractivity contribution >= 4 is 17.7 Å². The molecular formula is C13H16N2O6. The highest BCUT2D eigenvalue weighted by atomic mass is 16.5.